The first-order valence-corrected chi connectivity index (χ1v) is 14.1. The molecule has 210 valence electrons. The van der Waals surface area contributed by atoms with Gasteiger partial charge in [-0.15, -0.1) is 0 Å². The molecule has 0 unspecified atom stereocenters. The average molecular weight is 544 g/mol. The monoisotopic (exact) mass is 543 g/mol. The zero-order valence-corrected chi connectivity index (χ0v) is 23.1. The van der Waals surface area contributed by atoms with Gasteiger partial charge in [0.15, 0.2) is 5.79 Å². The van der Waals surface area contributed by atoms with Gasteiger partial charge in [0.05, 0.1) is 57.1 Å². The van der Waals surface area contributed by atoms with Gasteiger partial charge in [-0.1, -0.05) is 91.0 Å². The maximum absolute atomic E-state index is 13.7. The second kappa shape index (κ2) is 11.8. The first-order valence-electron chi connectivity index (χ1n) is 14.1. The lowest BCUT2D eigenvalue weighted by atomic mass is 9.82. The van der Waals surface area contributed by atoms with Crippen LogP contribution >= 0.6 is 0 Å². The Balaban J connectivity index is 1.26. The van der Waals surface area contributed by atoms with Crippen LogP contribution in [0.5, 0.6) is 0 Å². The van der Waals surface area contributed by atoms with E-state index < -0.39 is 5.79 Å². The molecule has 40 heavy (non-hydrogen) atoms. The molecule has 0 N–H and O–H groups in total. The van der Waals surface area contributed by atoms with Crippen LogP contribution in [0.3, 0.4) is 0 Å². The Labute approximate surface area is 235 Å². The molecule has 7 heteroatoms. The highest BCUT2D eigenvalue weighted by molar-refractivity contribution is 5.88. The topological polar surface area (TPSA) is 66.5 Å². The van der Waals surface area contributed by atoms with Crippen LogP contribution in [0.1, 0.15) is 30.5 Å². The van der Waals surface area contributed by atoms with Crippen LogP contribution in [0.25, 0.3) is 0 Å². The fourth-order valence-corrected chi connectivity index (χ4v) is 6.13. The summed E-state index contributed by atoms with van der Waals surface area (Å²) in [5.74, 6) is -1.03. The number of fused-ring (bicyclic) bond motifs is 1. The minimum absolute atomic E-state index is 0.0451. The summed E-state index contributed by atoms with van der Waals surface area (Å²) in [6.45, 7) is 5.80. The van der Waals surface area contributed by atoms with Crippen molar-refractivity contribution in [3.8, 4) is 0 Å². The molecule has 3 aliphatic heterocycles. The number of β-lactam (4-membered cyclic amide) rings is 1. The third-order valence-electron chi connectivity index (χ3n) is 8.03. The maximum Gasteiger partial charge on any atom is 0.231 e. The Morgan fingerprint density at radius 1 is 0.775 bits per heavy atom. The van der Waals surface area contributed by atoms with Gasteiger partial charge in [-0.05, 0) is 30.5 Å². The molecule has 0 radical (unpaired) electrons. The first-order chi connectivity index (χ1) is 19.5. The summed E-state index contributed by atoms with van der Waals surface area (Å²) in [6, 6.07) is 29.8. The van der Waals surface area contributed by atoms with Gasteiger partial charge in [0.2, 0.25) is 5.91 Å². The van der Waals surface area contributed by atoms with Gasteiger partial charge in [-0.25, -0.2) is 0 Å². The molecule has 1 amide bonds. The fraction of sp³-hybridized carbons (Fsp3) is 0.424. The molecule has 7 nitrogen and oxygen atoms in total. The third-order valence-corrected chi connectivity index (χ3v) is 8.03. The normalized spacial score (nSPS) is 28.9. The van der Waals surface area contributed by atoms with Crippen LogP contribution in [-0.2, 0) is 48.3 Å². The minimum Gasteiger partial charge on any atom is -0.375 e. The molecule has 0 bridgehead atoms. The quantitative estimate of drug-likeness (QED) is 0.326. The number of carbonyl (C=O) groups excluding carboxylic acids is 1. The lowest BCUT2D eigenvalue weighted by Gasteiger charge is -2.48. The lowest BCUT2D eigenvalue weighted by Crippen LogP contribution is -2.67. The van der Waals surface area contributed by atoms with Gasteiger partial charge in [-0.2, -0.15) is 0 Å². The van der Waals surface area contributed by atoms with Gasteiger partial charge in [0.25, 0.3) is 0 Å². The van der Waals surface area contributed by atoms with E-state index in [-0.39, 0.29) is 42.2 Å². The molecule has 3 aromatic rings. The van der Waals surface area contributed by atoms with E-state index in [2.05, 4.69) is 0 Å². The smallest absolute Gasteiger partial charge is 0.231 e. The Kier molecular flexibility index (Phi) is 8.01. The van der Waals surface area contributed by atoms with E-state index in [0.29, 0.717) is 33.0 Å². The van der Waals surface area contributed by atoms with Crippen LogP contribution < -0.4 is 0 Å². The third kappa shape index (κ3) is 5.71. The highest BCUT2D eigenvalue weighted by Crippen LogP contribution is 2.47. The van der Waals surface area contributed by atoms with Crippen LogP contribution in [0.2, 0.25) is 0 Å². The Morgan fingerprint density at radius 3 is 1.82 bits per heavy atom. The van der Waals surface area contributed by atoms with Crippen molar-refractivity contribution < 1.29 is 28.5 Å². The Morgan fingerprint density at radius 2 is 1.30 bits per heavy atom. The number of nitrogens with zero attached hydrogens (tertiary/aromatic N) is 1. The summed E-state index contributed by atoms with van der Waals surface area (Å²) < 4.78 is 31.5. The van der Waals surface area contributed by atoms with E-state index >= 15 is 0 Å². The predicted octanol–water partition coefficient (Wildman–Crippen LogP) is 4.73. The molecule has 0 saturated carbocycles. The molecule has 6 rings (SSSR count). The summed E-state index contributed by atoms with van der Waals surface area (Å²) in [6.07, 6.45) is -1.04. The molecule has 3 heterocycles. The van der Waals surface area contributed by atoms with Crippen LogP contribution in [0, 0.1) is 5.92 Å². The zero-order chi connectivity index (χ0) is 27.5. The molecule has 6 atom stereocenters. The Hall–Kier alpha value is -3.07. The van der Waals surface area contributed by atoms with Gasteiger partial charge in [0.1, 0.15) is 12.2 Å². The zero-order valence-electron chi connectivity index (χ0n) is 23.1. The first kappa shape index (κ1) is 27.1. The maximum atomic E-state index is 13.7. The van der Waals surface area contributed by atoms with Gasteiger partial charge in [-0.3, -0.25) is 4.79 Å². The van der Waals surface area contributed by atoms with E-state index in [1.54, 1.807) is 0 Å². The second-order valence-corrected chi connectivity index (χ2v) is 11.2. The molecule has 0 spiro atoms. The standard InChI is InChI=1S/C33H37NO6/c1-33(2)39-22-27(40-33)28-29-31(38-20-25-16-10-5-11-17-25)30(37-19-24-14-8-4-9-15-24)26(34(29)32(28)35)21-36-18-23-12-6-3-7-13-23/h3-17,26-31H,18-22H2,1-2H3/t26-,27+,28+,29-,30-,31-/m0/s1. The molecule has 3 saturated heterocycles. The minimum atomic E-state index is -0.716. The highest BCUT2D eigenvalue weighted by Gasteiger charge is 2.67. The van der Waals surface area contributed by atoms with Crippen LogP contribution in [0.4, 0.5) is 0 Å². The lowest BCUT2D eigenvalue weighted by molar-refractivity contribution is -0.185. The molecule has 0 aliphatic carbocycles. The van der Waals surface area contributed by atoms with Gasteiger partial charge >= 0.3 is 0 Å². The van der Waals surface area contributed by atoms with Crippen LogP contribution in [-0.4, -0.2) is 60.2 Å². The summed E-state index contributed by atoms with van der Waals surface area (Å²) in [5.41, 5.74) is 3.23. The van der Waals surface area contributed by atoms with Crippen molar-refractivity contribution in [3.63, 3.8) is 0 Å². The van der Waals surface area contributed by atoms with Crippen molar-refractivity contribution in [2.75, 3.05) is 13.2 Å². The molecule has 0 aromatic heterocycles. The number of ether oxygens (including phenoxy) is 5. The largest absolute Gasteiger partial charge is 0.375 e. The van der Waals surface area contributed by atoms with Crippen LogP contribution in [0.15, 0.2) is 91.0 Å². The molecule has 3 aromatic carbocycles. The Bertz CT molecular complexity index is 1250. The van der Waals surface area contributed by atoms with E-state index in [1.165, 1.54) is 0 Å². The van der Waals surface area contributed by atoms with E-state index in [4.69, 9.17) is 23.7 Å². The molecule has 3 aliphatic rings. The van der Waals surface area contributed by atoms with E-state index in [1.807, 2.05) is 110 Å². The average Bonchev–Trinajstić information content (AvgIpc) is 3.46. The van der Waals surface area contributed by atoms with Crippen molar-refractivity contribution in [1.29, 1.82) is 0 Å². The molecular formula is C33H37NO6. The second-order valence-electron chi connectivity index (χ2n) is 11.2. The van der Waals surface area contributed by atoms with E-state index in [9.17, 15) is 4.79 Å². The summed E-state index contributed by atoms with van der Waals surface area (Å²) in [7, 11) is 0. The highest BCUT2D eigenvalue weighted by atomic mass is 16.7. The number of benzene rings is 3. The van der Waals surface area contributed by atoms with E-state index in [0.717, 1.165) is 16.7 Å². The predicted molar refractivity (Wildman–Crippen MR) is 149 cm³/mol. The molecular weight excluding hydrogens is 506 g/mol. The molecule has 3 fully saturated rings. The number of hydrogen-bond donors (Lipinski definition) is 0. The number of rotatable bonds is 11. The number of amides is 1. The number of hydrogen-bond acceptors (Lipinski definition) is 6. The summed E-state index contributed by atoms with van der Waals surface area (Å²) >= 11 is 0. The SMILES string of the molecule is CC1(C)OC[C@H]([C@H]2C(=O)N3[C@@H]2[C@H](OCc2ccccc2)[C@@H](OCc2ccccc2)[C@@H]3COCc2ccccc2)O1. The number of carbonyl (C=O) groups is 1. The van der Waals surface area contributed by atoms with Gasteiger partial charge in [0, 0.05) is 0 Å². The van der Waals surface area contributed by atoms with Crippen molar-refractivity contribution in [2.24, 2.45) is 5.92 Å². The summed E-state index contributed by atoms with van der Waals surface area (Å²) in [5, 5.41) is 0. The van der Waals surface area contributed by atoms with Crippen molar-refractivity contribution >= 4 is 5.91 Å². The van der Waals surface area contributed by atoms with Crippen molar-refractivity contribution in [3.05, 3.63) is 108 Å². The summed E-state index contributed by atoms with van der Waals surface area (Å²) in [4.78, 5) is 15.7. The van der Waals surface area contributed by atoms with Crippen molar-refractivity contribution in [2.45, 2.75) is 69.9 Å². The van der Waals surface area contributed by atoms with Gasteiger partial charge < -0.3 is 28.6 Å². The fourth-order valence-electron chi connectivity index (χ4n) is 6.13. The van der Waals surface area contributed by atoms with Crippen molar-refractivity contribution in [1.82, 2.24) is 4.90 Å².